The number of nitrogens with one attached hydrogen (secondary N) is 2. The second kappa shape index (κ2) is 15.3. The number of carbonyl (C=O) groups excluding carboxylic acids is 3. The van der Waals surface area contributed by atoms with Crippen molar-refractivity contribution in [2.24, 2.45) is 0 Å². The van der Waals surface area contributed by atoms with Gasteiger partial charge in [0.2, 0.25) is 5.91 Å². The molecule has 5 atom stereocenters. The van der Waals surface area contributed by atoms with Gasteiger partial charge in [0, 0.05) is 19.0 Å². The fourth-order valence-electron chi connectivity index (χ4n) is 7.81. The van der Waals surface area contributed by atoms with E-state index in [-0.39, 0.29) is 63.0 Å². The SMILES string of the molecule is Cc1cc(F)ccc1[C@@]12C(=O)N1CC[C@H](NC(=O)C1CC(OCc3ccccc3)CN1C(=O)OC(C)(C)C)C2NCCc1cc(C(F)(F)F)cc(C(F)(F)F)c1. The minimum Gasteiger partial charge on any atom is -0.444 e. The molecule has 302 valence electrons. The molecule has 3 amide bonds. The molecule has 3 aromatic carbocycles. The molecule has 3 fully saturated rings. The first-order valence-corrected chi connectivity index (χ1v) is 18.2. The molecule has 3 heterocycles. The number of carbonyl (C=O) groups is 3. The summed E-state index contributed by atoms with van der Waals surface area (Å²) in [6.07, 6.45) is -11.3. The summed E-state index contributed by atoms with van der Waals surface area (Å²) in [5, 5.41) is 6.19. The van der Waals surface area contributed by atoms with E-state index in [9.17, 15) is 45.1 Å². The zero-order valence-electron chi connectivity index (χ0n) is 31.2. The molecule has 3 saturated heterocycles. The Kier molecular flexibility index (Phi) is 11.2. The van der Waals surface area contributed by atoms with Crippen LogP contribution in [0.1, 0.15) is 67.0 Å². The van der Waals surface area contributed by atoms with E-state index in [0.717, 1.165) is 5.56 Å². The molecule has 0 saturated carbocycles. The normalized spacial score (nSPS) is 23.9. The fraction of sp³-hybridized carbons (Fsp3) is 0.475. The van der Waals surface area contributed by atoms with Crippen molar-refractivity contribution in [3.05, 3.63) is 106 Å². The van der Waals surface area contributed by atoms with Crippen LogP contribution in [0.25, 0.3) is 0 Å². The van der Waals surface area contributed by atoms with Gasteiger partial charge in [-0.15, -0.1) is 0 Å². The zero-order valence-corrected chi connectivity index (χ0v) is 31.2. The van der Waals surface area contributed by atoms with Gasteiger partial charge >= 0.3 is 18.4 Å². The Hall–Kier alpha value is -4.70. The lowest BCUT2D eigenvalue weighted by molar-refractivity contribution is -0.143. The molecule has 6 rings (SSSR count). The monoisotopic (exact) mass is 792 g/mol. The third kappa shape index (κ3) is 8.65. The molecule has 9 nitrogen and oxygen atoms in total. The van der Waals surface area contributed by atoms with Crippen molar-refractivity contribution in [1.29, 1.82) is 0 Å². The Labute approximate surface area is 319 Å². The number of hydrogen-bond acceptors (Lipinski definition) is 6. The van der Waals surface area contributed by atoms with Crippen molar-refractivity contribution in [3.8, 4) is 0 Å². The van der Waals surface area contributed by atoms with Crippen molar-refractivity contribution >= 4 is 17.9 Å². The number of amides is 3. The largest absolute Gasteiger partial charge is 0.444 e. The number of rotatable bonds is 10. The molecule has 3 unspecified atom stereocenters. The van der Waals surface area contributed by atoms with E-state index in [1.54, 1.807) is 32.6 Å². The van der Waals surface area contributed by atoms with Crippen LogP contribution in [-0.2, 0) is 50.0 Å². The van der Waals surface area contributed by atoms with E-state index in [0.29, 0.717) is 23.3 Å². The number of fused-ring (bicyclic) bond motifs is 1. The molecule has 56 heavy (non-hydrogen) atoms. The summed E-state index contributed by atoms with van der Waals surface area (Å²) >= 11 is 0. The van der Waals surface area contributed by atoms with Crippen molar-refractivity contribution < 1.29 is 54.6 Å². The van der Waals surface area contributed by atoms with Crippen LogP contribution < -0.4 is 10.6 Å². The van der Waals surface area contributed by atoms with E-state index in [1.165, 1.54) is 23.1 Å². The Balaban J connectivity index is 1.28. The maximum Gasteiger partial charge on any atom is 0.416 e. The van der Waals surface area contributed by atoms with E-state index < -0.39 is 76.7 Å². The molecule has 0 bridgehead atoms. The number of aryl methyl sites for hydroxylation is 1. The quantitative estimate of drug-likeness (QED) is 0.172. The summed E-state index contributed by atoms with van der Waals surface area (Å²) in [5.74, 6) is -1.46. The topological polar surface area (TPSA) is 100.0 Å². The van der Waals surface area contributed by atoms with Crippen LogP contribution >= 0.6 is 0 Å². The highest BCUT2D eigenvalue weighted by molar-refractivity contribution is 6.05. The van der Waals surface area contributed by atoms with Crippen LogP contribution in [0, 0.1) is 12.7 Å². The van der Waals surface area contributed by atoms with Gasteiger partial charge in [-0.05, 0) is 99.7 Å². The first kappa shape index (κ1) is 40.9. The van der Waals surface area contributed by atoms with Crippen LogP contribution in [0.4, 0.5) is 35.5 Å². The maximum atomic E-state index is 14.3. The second-order valence-electron chi connectivity index (χ2n) is 15.5. The van der Waals surface area contributed by atoms with Gasteiger partial charge in [0.1, 0.15) is 17.5 Å². The Morgan fingerprint density at radius 3 is 2.18 bits per heavy atom. The molecule has 0 aromatic heterocycles. The number of halogens is 7. The molecule has 0 radical (unpaired) electrons. The number of benzene rings is 3. The average Bonchev–Trinajstić information content (AvgIpc) is 3.47. The fourth-order valence-corrected chi connectivity index (χ4v) is 7.81. The summed E-state index contributed by atoms with van der Waals surface area (Å²) in [6.45, 7) is 6.96. The highest BCUT2D eigenvalue weighted by atomic mass is 19.4. The predicted molar refractivity (Wildman–Crippen MR) is 189 cm³/mol. The van der Waals surface area contributed by atoms with Gasteiger partial charge in [-0.3, -0.25) is 14.5 Å². The Morgan fingerprint density at radius 2 is 1.57 bits per heavy atom. The van der Waals surface area contributed by atoms with E-state index in [4.69, 9.17) is 9.47 Å². The van der Waals surface area contributed by atoms with Crippen LogP contribution in [0.5, 0.6) is 0 Å². The van der Waals surface area contributed by atoms with Gasteiger partial charge in [0.05, 0.1) is 36.4 Å². The first-order chi connectivity index (χ1) is 26.2. The molecule has 0 aliphatic carbocycles. The van der Waals surface area contributed by atoms with Gasteiger partial charge in [-0.1, -0.05) is 36.4 Å². The predicted octanol–water partition coefficient (Wildman–Crippen LogP) is 6.89. The van der Waals surface area contributed by atoms with Gasteiger partial charge in [0.25, 0.3) is 5.91 Å². The smallest absolute Gasteiger partial charge is 0.416 e. The maximum absolute atomic E-state index is 14.3. The van der Waals surface area contributed by atoms with E-state index in [2.05, 4.69) is 10.6 Å². The summed E-state index contributed by atoms with van der Waals surface area (Å²) in [7, 11) is 0. The Bertz CT molecular complexity index is 1920. The van der Waals surface area contributed by atoms with Crippen molar-refractivity contribution in [2.75, 3.05) is 19.6 Å². The van der Waals surface area contributed by atoms with Crippen molar-refractivity contribution in [3.63, 3.8) is 0 Å². The average molecular weight is 793 g/mol. The van der Waals surface area contributed by atoms with Crippen LogP contribution in [-0.4, -0.2) is 77.2 Å². The standard InChI is InChI=1S/C40H43F7N4O5/c1-23-16-28(41)10-11-30(23)38-33(48-14-12-25-17-26(39(42,43)44)19-27(18-25)40(45,46)47)31(13-15-51(38)35(38)53)49-34(52)32-20-29(55-22-24-8-6-5-7-9-24)21-50(32)36(54)56-37(2,3)4/h5-11,16-19,29,31-33,48H,12-15,20-22H2,1-4H3,(H,49,52)/t29?,31-,32?,33?,38+,51?/m0/s1. The molecular weight excluding hydrogens is 749 g/mol. The molecule has 0 spiro atoms. The van der Waals surface area contributed by atoms with E-state index >= 15 is 0 Å². The molecule has 3 aromatic rings. The lowest BCUT2D eigenvalue weighted by atomic mass is 9.80. The lowest BCUT2D eigenvalue weighted by Gasteiger charge is -2.39. The second-order valence-corrected chi connectivity index (χ2v) is 15.5. The van der Waals surface area contributed by atoms with E-state index in [1.807, 2.05) is 30.3 Å². The third-order valence-electron chi connectivity index (χ3n) is 10.3. The third-order valence-corrected chi connectivity index (χ3v) is 10.3. The molecule has 16 heteroatoms. The zero-order chi connectivity index (χ0) is 40.8. The number of alkyl halides is 6. The first-order valence-electron chi connectivity index (χ1n) is 18.2. The summed E-state index contributed by atoms with van der Waals surface area (Å²) in [6, 6.07) is 11.7. The molecule has 2 N–H and O–H groups in total. The summed E-state index contributed by atoms with van der Waals surface area (Å²) in [5.41, 5.74) is -3.71. The number of piperidine rings is 1. The number of likely N-dealkylation sites (tertiary alicyclic amines) is 1. The lowest BCUT2D eigenvalue weighted by Crippen LogP contribution is -2.62. The van der Waals surface area contributed by atoms with Gasteiger partial charge < -0.3 is 25.0 Å². The summed E-state index contributed by atoms with van der Waals surface area (Å²) in [4.78, 5) is 44.3. The number of ether oxygens (including phenoxy) is 2. The highest BCUT2D eigenvalue weighted by Crippen LogP contribution is 2.52. The van der Waals surface area contributed by atoms with Crippen molar-refractivity contribution in [1.82, 2.24) is 20.4 Å². The summed E-state index contributed by atoms with van der Waals surface area (Å²) < 4.78 is 108. The molecule has 3 aliphatic heterocycles. The van der Waals surface area contributed by atoms with Crippen LogP contribution in [0.2, 0.25) is 0 Å². The number of hydrogen-bond donors (Lipinski definition) is 2. The number of nitrogens with zero attached hydrogens (tertiary/aromatic N) is 2. The van der Waals surface area contributed by atoms with Gasteiger partial charge in [0.15, 0.2) is 5.54 Å². The van der Waals surface area contributed by atoms with Crippen molar-refractivity contribution in [2.45, 2.75) is 101 Å². The Morgan fingerprint density at radius 1 is 0.911 bits per heavy atom. The minimum atomic E-state index is -5.04. The van der Waals surface area contributed by atoms with Crippen LogP contribution in [0.3, 0.4) is 0 Å². The molecule has 3 aliphatic rings. The van der Waals surface area contributed by atoms with Gasteiger partial charge in [-0.25, -0.2) is 9.18 Å². The highest BCUT2D eigenvalue weighted by Gasteiger charge is 2.71. The van der Waals surface area contributed by atoms with Crippen LogP contribution in [0.15, 0.2) is 66.7 Å². The molecular formula is C40H43F7N4O5. The minimum absolute atomic E-state index is 0.0497. The van der Waals surface area contributed by atoms with Gasteiger partial charge in [-0.2, -0.15) is 26.3 Å².